The Bertz CT molecular complexity index is 647. The molecule has 0 atom stereocenters. The molecule has 0 bridgehead atoms. The van der Waals surface area contributed by atoms with Crippen LogP contribution in [-0.4, -0.2) is 11.0 Å². The van der Waals surface area contributed by atoms with Gasteiger partial charge in [-0.2, -0.15) is 13.2 Å². The highest BCUT2D eigenvalue weighted by Crippen LogP contribution is 2.38. The maximum Gasteiger partial charge on any atom is 0.434 e. The number of thiazole rings is 1. The van der Waals surface area contributed by atoms with E-state index in [0.29, 0.717) is 6.04 Å². The molecule has 0 radical (unpaired) electrons. The van der Waals surface area contributed by atoms with Gasteiger partial charge in [0.25, 0.3) is 0 Å². The highest BCUT2D eigenvalue weighted by Gasteiger charge is 2.38. The van der Waals surface area contributed by atoms with Crippen molar-refractivity contribution in [3.8, 4) is 10.6 Å². The fourth-order valence-corrected chi connectivity index (χ4v) is 3.03. The van der Waals surface area contributed by atoms with Gasteiger partial charge in [0.15, 0.2) is 5.69 Å². The van der Waals surface area contributed by atoms with E-state index in [-0.39, 0.29) is 22.0 Å². The number of hydrogen-bond acceptors (Lipinski definition) is 3. The molecule has 0 spiro atoms. The Morgan fingerprint density at radius 1 is 1.24 bits per heavy atom. The number of hydrogen-bond donors (Lipinski definition) is 1. The summed E-state index contributed by atoms with van der Waals surface area (Å²) in [5.74, 6) is -0.568. The molecule has 2 aromatic rings. The van der Waals surface area contributed by atoms with E-state index in [2.05, 4.69) is 10.3 Å². The lowest BCUT2D eigenvalue weighted by molar-refractivity contribution is -0.141. The second kappa shape index (κ2) is 5.38. The van der Waals surface area contributed by atoms with Crippen LogP contribution in [0.15, 0.2) is 24.3 Å². The van der Waals surface area contributed by atoms with Gasteiger partial charge in [-0.25, -0.2) is 9.37 Å². The number of rotatable bonds is 4. The first kappa shape index (κ1) is 14.5. The van der Waals surface area contributed by atoms with Crippen LogP contribution in [0.1, 0.15) is 23.4 Å². The summed E-state index contributed by atoms with van der Waals surface area (Å²) in [4.78, 5) is 3.73. The van der Waals surface area contributed by atoms with Gasteiger partial charge in [-0.1, -0.05) is 12.1 Å². The van der Waals surface area contributed by atoms with E-state index >= 15 is 0 Å². The zero-order valence-corrected chi connectivity index (χ0v) is 11.7. The summed E-state index contributed by atoms with van der Waals surface area (Å²) in [6.45, 7) is 0.117. The van der Waals surface area contributed by atoms with E-state index < -0.39 is 17.7 Å². The van der Waals surface area contributed by atoms with Crippen LogP contribution < -0.4 is 5.32 Å². The molecule has 0 saturated heterocycles. The van der Waals surface area contributed by atoms with Crippen molar-refractivity contribution in [1.29, 1.82) is 0 Å². The third-order valence-electron chi connectivity index (χ3n) is 3.20. The van der Waals surface area contributed by atoms with E-state index in [1.807, 2.05) is 0 Å². The lowest BCUT2D eigenvalue weighted by Gasteiger charge is -2.06. The fraction of sp³-hybridized carbons (Fsp3) is 0.357. The fourth-order valence-electron chi connectivity index (χ4n) is 1.97. The van der Waals surface area contributed by atoms with Gasteiger partial charge in [0.2, 0.25) is 0 Å². The van der Waals surface area contributed by atoms with Crippen LogP contribution in [0.25, 0.3) is 10.6 Å². The van der Waals surface area contributed by atoms with Gasteiger partial charge in [-0.15, -0.1) is 11.3 Å². The molecule has 1 N–H and O–H groups in total. The van der Waals surface area contributed by atoms with E-state index in [9.17, 15) is 17.6 Å². The van der Waals surface area contributed by atoms with Crippen molar-refractivity contribution in [1.82, 2.24) is 10.3 Å². The third kappa shape index (κ3) is 3.24. The molecule has 0 aliphatic heterocycles. The van der Waals surface area contributed by atoms with E-state index in [1.165, 1.54) is 18.2 Å². The average molecular weight is 316 g/mol. The molecule has 0 amide bonds. The Labute approximate surface area is 122 Å². The number of nitrogens with zero attached hydrogens (tertiary/aromatic N) is 1. The van der Waals surface area contributed by atoms with Crippen LogP contribution in [0.5, 0.6) is 0 Å². The zero-order chi connectivity index (χ0) is 15.0. The zero-order valence-electron chi connectivity index (χ0n) is 10.9. The SMILES string of the molecule is Fc1ccccc1-c1nc(C(F)(F)F)c(CNC2CC2)s1. The normalized spacial score (nSPS) is 15.4. The summed E-state index contributed by atoms with van der Waals surface area (Å²) in [7, 11) is 0. The average Bonchev–Trinajstić information content (AvgIpc) is 3.14. The number of aromatic nitrogens is 1. The molecule has 7 heteroatoms. The molecule has 112 valence electrons. The number of benzene rings is 1. The Morgan fingerprint density at radius 3 is 2.57 bits per heavy atom. The molecule has 2 nitrogen and oxygen atoms in total. The van der Waals surface area contributed by atoms with Gasteiger partial charge in [0.05, 0.1) is 4.88 Å². The summed E-state index contributed by atoms with van der Waals surface area (Å²) < 4.78 is 52.8. The largest absolute Gasteiger partial charge is 0.434 e. The molecular weight excluding hydrogens is 304 g/mol. The molecule has 1 heterocycles. The molecule has 1 aromatic heterocycles. The van der Waals surface area contributed by atoms with Crippen LogP contribution in [0.4, 0.5) is 17.6 Å². The predicted octanol–water partition coefficient (Wildman–Crippen LogP) is 4.22. The summed E-state index contributed by atoms with van der Waals surface area (Å²) >= 11 is 0.890. The topological polar surface area (TPSA) is 24.9 Å². The highest BCUT2D eigenvalue weighted by atomic mass is 32.1. The van der Waals surface area contributed by atoms with Crippen LogP contribution >= 0.6 is 11.3 Å². The minimum Gasteiger partial charge on any atom is -0.309 e. The first-order chi connectivity index (χ1) is 9.95. The second-order valence-electron chi connectivity index (χ2n) is 4.92. The predicted molar refractivity (Wildman–Crippen MR) is 72.4 cm³/mol. The minimum atomic E-state index is -4.53. The highest BCUT2D eigenvalue weighted by molar-refractivity contribution is 7.15. The van der Waals surface area contributed by atoms with Gasteiger partial charge >= 0.3 is 6.18 Å². The van der Waals surface area contributed by atoms with Gasteiger partial charge in [-0.05, 0) is 25.0 Å². The van der Waals surface area contributed by atoms with Crippen molar-refractivity contribution >= 4 is 11.3 Å². The number of halogens is 4. The maximum absolute atomic E-state index is 13.7. The van der Waals surface area contributed by atoms with Gasteiger partial charge in [0, 0.05) is 18.2 Å². The van der Waals surface area contributed by atoms with Gasteiger partial charge in [0.1, 0.15) is 10.8 Å². The Morgan fingerprint density at radius 2 is 1.95 bits per heavy atom. The summed E-state index contributed by atoms with van der Waals surface area (Å²) in [5, 5.41) is 3.10. The van der Waals surface area contributed by atoms with Crippen molar-refractivity contribution in [2.45, 2.75) is 31.6 Å². The lowest BCUT2D eigenvalue weighted by atomic mass is 10.2. The summed E-state index contributed by atoms with van der Waals surface area (Å²) in [6, 6.07) is 6.02. The van der Waals surface area contributed by atoms with Crippen LogP contribution in [0.2, 0.25) is 0 Å². The third-order valence-corrected chi connectivity index (χ3v) is 4.29. The Kier molecular flexibility index (Phi) is 3.71. The molecule has 1 saturated carbocycles. The van der Waals surface area contributed by atoms with E-state index in [4.69, 9.17) is 0 Å². The van der Waals surface area contributed by atoms with Crippen molar-refractivity contribution in [3.05, 3.63) is 40.7 Å². The van der Waals surface area contributed by atoms with Gasteiger partial charge in [-0.3, -0.25) is 0 Å². The molecule has 1 aliphatic rings. The molecule has 0 unspecified atom stereocenters. The molecule has 1 aliphatic carbocycles. The molecule has 3 rings (SSSR count). The van der Waals surface area contributed by atoms with E-state index in [0.717, 1.165) is 24.2 Å². The number of nitrogens with one attached hydrogen (secondary N) is 1. The molecule has 1 aromatic carbocycles. The standard InChI is InChI=1S/C14H12F4N2S/c15-10-4-2-1-3-9(10)13-20-12(14(16,17)18)11(21-13)7-19-8-5-6-8/h1-4,8,19H,5-7H2. The second-order valence-corrected chi connectivity index (χ2v) is 6.01. The van der Waals surface area contributed by atoms with E-state index in [1.54, 1.807) is 6.07 Å². The van der Waals surface area contributed by atoms with Gasteiger partial charge < -0.3 is 5.32 Å². The Hall–Kier alpha value is -1.47. The minimum absolute atomic E-state index is 0.0630. The Balaban J connectivity index is 1.96. The van der Waals surface area contributed by atoms with Crippen LogP contribution in [0, 0.1) is 5.82 Å². The molecule has 21 heavy (non-hydrogen) atoms. The van der Waals surface area contributed by atoms with Crippen molar-refractivity contribution in [3.63, 3.8) is 0 Å². The summed E-state index contributed by atoms with van der Waals surface area (Å²) in [5.41, 5.74) is -0.815. The van der Waals surface area contributed by atoms with Crippen LogP contribution in [-0.2, 0) is 12.7 Å². The van der Waals surface area contributed by atoms with Crippen LogP contribution in [0.3, 0.4) is 0 Å². The monoisotopic (exact) mass is 316 g/mol. The first-order valence-corrected chi connectivity index (χ1v) is 7.32. The molecular formula is C14H12F4N2S. The smallest absolute Gasteiger partial charge is 0.309 e. The first-order valence-electron chi connectivity index (χ1n) is 6.50. The number of alkyl halides is 3. The van der Waals surface area contributed by atoms with Crippen molar-refractivity contribution < 1.29 is 17.6 Å². The van der Waals surface area contributed by atoms with Crippen molar-refractivity contribution in [2.24, 2.45) is 0 Å². The maximum atomic E-state index is 13.7. The quantitative estimate of drug-likeness (QED) is 0.854. The lowest BCUT2D eigenvalue weighted by Crippen LogP contribution is -2.18. The summed E-state index contributed by atoms with van der Waals surface area (Å²) in [6.07, 6.45) is -2.55. The van der Waals surface area contributed by atoms with Crippen molar-refractivity contribution in [2.75, 3.05) is 0 Å². The molecule has 1 fully saturated rings.